The topological polar surface area (TPSA) is 55.4 Å². The van der Waals surface area contributed by atoms with Crippen LogP contribution in [0.5, 0.6) is 0 Å². The molecule has 6 heteroatoms. The van der Waals surface area contributed by atoms with E-state index in [1.54, 1.807) is 6.07 Å². The lowest BCUT2D eigenvalue weighted by atomic mass is 10.1. The number of H-pyrrole nitrogens is 1. The summed E-state index contributed by atoms with van der Waals surface area (Å²) in [5.41, 5.74) is 1.16. The van der Waals surface area contributed by atoms with Crippen LogP contribution < -0.4 is 0 Å². The SMILES string of the molecule is C[C@H](O)CN1CCN(Cc2nc3c(F)cccc3[nH]2)C[C@H]1C. The molecule has 2 aromatic rings. The van der Waals surface area contributed by atoms with Crippen molar-refractivity contribution >= 4 is 11.0 Å². The number of halogens is 1. The second-order valence-electron chi connectivity index (χ2n) is 6.25. The van der Waals surface area contributed by atoms with E-state index >= 15 is 0 Å². The van der Waals surface area contributed by atoms with Gasteiger partial charge in [-0.1, -0.05) is 6.07 Å². The number of aromatic nitrogens is 2. The van der Waals surface area contributed by atoms with Crippen LogP contribution in [0.3, 0.4) is 0 Å². The minimum atomic E-state index is -0.299. The second kappa shape index (κ2) is 6.32. The molecule has 0 saturated carbocycles. The number of rotatable bonds is 4. The molecular formula is C16H23FN4O. The normalized spacial score (nSPS) is 22.3. The Bertz CT molecular complexity index is 642. The van der Waals surface area contributed by atoms with Gasteiger partial charge in [-0.05, 0) is 26.0 Å². The Morgan fingerprint density at radius 3 is 2.95 bits per heavy atom. The van der Waals surface area contributed by atoms with Gasteiger partial charge >= 0.3 is 0 Å². The van der Waals surface area contributed by atoms with Crippen molar-refractivity contribution < 1.29 is 9.50 Å². The van der Waals surface area contributed by atoms with E-state index in [9.17, 15) is 9.50 Å². The highest BCUT2D eigenvalue weighted by Gasteiger charge is 2.25. The van der Waals surface area contributed by atoms with Crippen LogP contribution in [0.1, 0.15) is 19.7 Å². The third-order valence-corrected chi connectivity index (χ3v) is 4.23. The zero-order valence-electron chi connectivity index (χ0n) is 13.1. The van der Waals surface area contributed by atoms with E-state index in [1.807, 2.05) is 13.0 Å². The van der Waals surface area contributed by atoms with Crippen LogP contribution in [0.4, 0.5) is 4.39 Å². The summed E-state index contributed by atoms with van der Waals surface area (Å²) in [5, 5.41) is 9.52. The first-order chi connectivity index (χ1) is 10.5. The zero-order valence-corrected chi connectivity index (χ0v) is 13.1. The Hall–Kier alpha value is -1.50. The number of fused-ring (bicyclic) bond motifs is 1. The largest absolute Gasteiger partial charge is 0.392 e. The first-order valence-electron chi connectivity index (χ1n) is 7.80. The molecule has 1 aromatic heterocycles. The van der Waals surface area contributed by atoms with E-state index in [1.165, 1.54) is 6.07 Å². The van der Waals surface area contributed by atoms with Crippen LogP contribution in [0.25, 0.3) is 11.0 Å². The predicted molar refractivity (Wildman–Crippen MR) is 84.0 cm³/mol. The molecule has 0 unspecified atom stereocenters. The van der Waals surface area contributed by atoms with E-state index in [4.69, 9.17) is 0 Å². The lowest BCUT2D eigenvalue weighted by molar-refractivity contribution is 0.0415. The Morgan fingerprint density at radius 2 is 2.27 bits per heavy atom. The van der Waals surface area contributed by atoms with Crippen molar-refractivity contribution in [2.24, 2.45) is 0 Å². The van der Waals surface area contributed by atoms with Crippen LogP contribution in [-0.4, -0.2) is 63.2 Å². The molecule has 1 aromatic carbocycles. The molecular weight excluding hydrogens is 283 g/mol. The molecule has 1 aliphatic heterocycles. The van der Waals surface area contributed by atoms with Gasteiger partial charge in [0.25, 0.3) is 0 Å². The number of imidazole rings is 1. The van der Waals surface area contributed by atoms with E-state index < -0.39 is 0 Å². The Balaban J connectivity index is 1.65. The molecule has 0 aliphatic carbocycles. The predicted octanol–water partition coefficient (Wildman–Crippen LogP) is 1.59. The van der Waals surface area contributed by atoms with Crippen LogP contribution in [0.2, 0.25) is 0 Å². The van der Waals surface area contributed by atoms with E-state index in [0.717, 1.165) is 31.0 Å². The first-order valence-corrected chi connectivity index (χ1v) is 7.80. The van der Waals surface area contributed by atoms with Crippen molar-refractivity contribution in [2.45, 2.75) is 32.5 Å². The maximum atomic E-state index is 13.7. The number of hydrogen-bond acceptors (Lipinski definition) is 4. The van der Waals surface area contributed by atoms with Gasteiger partial charge in [-0.2, -0.15) is 0 Å². The average molecular weight is 306 g/mol. The van der Waals surface area contributed by atoms with Crippen LogP contribution in [0, 0.1) is 5.82 Å². The minimum absolute atomic E-state index is 0.282. The van der Waals surface area contributed by atoms with E-state index in [2.05, 4.69) is 26.7 Å². The quantitative estimate of drug-likeness (QED) is 0.901. The lowest BCUT2D eigenvalue weighted by Crippen LogP contribution is -2.53. The molecule has 2 N–H and O–H groups in total. The van der Waals surface area contributed by atoms with E-state index in [0.29, 0.717) is 24.6 Å². The smallest absolute Gasteiger partial charge is 0.151 e. The molecule has 1 aliphatic rings. The van der Waals surface area contributed by atoms with Crippen LogP contribution >= 0.6 is 0 Å². The fourth-order valence-corrected chi connectivity index (χ4v) is 3.16. The number of aliphatic hydroxyl groups excluding tert-OH is 1. The van der Waals surface area contributed by atoms with Gasteiger partial charge in [-0.25, -0.2) is 9.37 Å². The molecule has 5 nitrogen and oxygen atoms in total. The van der Waals surface area contributed by atoms with Crippen molar-refractivity contribution in [3.63, 3.8) is 0 Å². The minimum Gasteiger partial charge on any atom is -0.392 e. The maximum absolute atomic E-state index is 13.7. The van der Waals surface area contributed by atoms with E-state index in [-0.39, 0.29) is 11.9 Å². The summed E-state index contributed by atoms with van der Waals surface area (Å²) in [6.45, 7) is 8.18. The number of β-amino-alcohol motifs (C(OH)–C–C–N with tert-alkyl or cyclic N) is 1. The number of nitrogens with one attached hydrogen (secondary N) is 1. The fourth-order valence-electron chi connectivity index (χ4n) is 3.16. The van der Waals surface area contributed by atoms with Gasteiger partial charge in [0, 0.05) is 32.2 Å². The number of para-hydroxylation sites is 1. The zero-order chi connectivity index (χ0) is 15.7. The monoisotopic (exact) mass is 306 g/mol. The van der Waals surface area contributed by atoms with Crippen molar-refractivity contribution in [3.8, 4) is 0 Å². The molecule has 2 atom stereocenters. The highest BCUT2D eigenvalue weighted by atomic mass is 19.1. The molecule has 22 heavy (non-hydrogen) atoms. The fraction of sp³-hybridized carbons (Fsp3) is 0.562. The van der Waals surface area contributed by atoms with Crippen molar-refractivity contribution in [1.82, 2.24) is 19.8 Å². The molecule has 2 heterocycles. The number of hydrogen-bond donors (Lipinski definition) is 2. The molecule has 0 amide bonds. The van der Waals surface area contributed by atoms with Gasteiger partial charge in [0.2, 0.25) is 0 Å². The third-order valence-electron chi connectivity index (χ3n) is 4.23. The number of benzene rings is 1. The molecule has 0 spiro atoms. The van der Waals surface area contributed by atoms with Gasteiger partial charge in [0.1, 0.15) is 11.3 Å². The highest BCUT2D eigenvalue weighted by molar-refractivity contribution is 5.75. The summed E-state index contributed by atoms with van der Waals surface area (Å²) < 4.78 is 13.7. The van der Waals surface area contributed by atoms with Gasteiger partial charge in [0.05, 0.1) is 18.2 Å². The van der Waals surface area contributed by atoms with Crippen molar-refractivity contribution in [2.75, 3.05) is 26.2 Å². The Kier molecular flexibility index (Phi) is 4.42. The number of piperazine rings is 1. The molecule has 0 bridgehead atoms. The lowest BCUT2D eigenvalue weighted by Gasteiger charge is -2.40. The maximum Gasteiger partial charge on any atom is 0.151 e. The summed E-state index contributed by atoms with van der Waals surface area (Å²) in [5.74, 6) is 0.520. The summed E-state index contributed by atoms with van der Waals surface area (Å²) >= 11 is 0. The molecule has 0 radical (unpaired) electrons. The Labute approximate surface area is 129 Å². The number of aromatic amines is 1. The summed E-state index contributed by atoms with van der Waals surface area (Å²) in [6, 6.07) is 5.36. The summed E-state index contributed by atoms with van der Waals surface area (Å²) in [7, 11) is 0. The molecule has 1 saturated heterocycles. The first kappa shape index (κ1) is 15.4. The van der Waals surface area contributed by atoms with Gasteiger partial charge in [-0.15, -0.1) is 0 Å². The van der Waals surface area contributed by atoms with Crippen LogP contribution in [-0.2, 0) is 6.54 Å². The number of nitrogens with zero attached hydrogens (tertiary/aromatic N) is 3. The summed E-state index contributed by atoms with van der Waals surface area (Å²) in [4.78, 5) is 12.2. The van der Waals surface area contributed by atoms with Gasteiger partial charge in [-0.3, -0.25) is 9.80 Å². The molecule has 3 rings (SSSR count). The second-order valence-corrected chi connectivity index (χ2v) is 6.25. The van der Waals surface area contributed by atoms with Crippen LogP contribution in [0.15, 0.2) is 18.2 Å². The third kappa shape index (κ3) is 3.29. The standard InChI is InChI=1S/C16H23FN4O/c1-11-8-20(6-7-21(11)9-12(2)22)10-15-18-14-5-3-4-13(17)16(14)19-15/h3-5,11-12,22H,6-10H2,1-2H3,(H,18,19)/t11-,12+/m1/s1. The van der Waals surface area contributed by atoms with Crippen molar-refractivity contribution in [1.29, 1.82) is 0 Å². The Morgan fingerprint density at radius 1 is 1.45 bits per heavy atom. The average Bonchev–Trinajstić information content (AvgIpc) is 2.85. The van der Waals surface area contributed by atoms with Crippen molar-refractivity contribution in [3.05, 3.63) is 29.8 Å². The summed E-state index contributed by atoms with van der Waals surface area (Å²) in [6.07, 6.45) is -0.299. The van der Waals surface area contributed by atoms with Gasteiger partial charge in [0.15, 0.2) is 5.82 Å². The highest BCUT2D eigenvalue weighted by Crippen LogP contribution is 2.17. The number of aliphatic hydroxyl groups is 1. The van der Waals surface area contributed by atoms with Gasteiger partial charge < -0.3 is 10.1 Å². The molecule has 1 fully saturated rings. The molecule has 120 valence electrons.